The largest absolute Gasteiger partial charge is 0.386 e. The Bertz CT molecular complexity index is 1270. The van der Waals surface area contributed by atoms with E-state index < -0.39 is 34.5 Å². The predicted octanol–water partition coefficient (Wildman–Crippen LogP) is 3.89. The smallest absolute Gasteiger partial charge is 0.274 e. The van der Waals surface area contributed by atoms with Gasteiger partial charge in [-0.1, -0.05) is 0 Å². The monoisotopic (exact) mass is 512 g/mol. The van der Waals surface area contributed by atoms with Crippen molar-refractivity contribution >= 4 is 30.1 Å². The number of alkyl halides is 1. The van der Waals surface area contributed by atoms with Crippen LogP contribution in [-0.2, 0) is 10.3 Å². The van der Waals surface area contributed by atoms with Crippen LogP contribution < -0.4 is 11.1 Å². The first kappa shape index (κ1) is 27.1. The molecular formula is C25H26F2N6O2S. The molecule has 1 aliphatic rings. The van der Waals surface area contributed by atoms with Gasteiger partial charge >= 0.3 is 0 Å². The molecule has 0 radical (unpaired) electrons. The number of hydrogen-bond acceptors (Lipinski definition) is 7. The first-order valence-electron chi connectivity index (χ1n) is 11.0. The molecule has 0 aliphatic carbocycles. The van der Waals surface area contributed by atoms with E-state index in [0.717, 1.165) is 6.07 Å². The molecule has 11 heteroatoms. The Kier molecular flexibility index (Phi) is 7.68. The van der Waals surface area contributed by atoms with Gasteiger partial charge in [0.1, 0.15) is 40.0 Å². The fourth-order valence-corrected chi connectivity index (χ4v) is 3.94. The van der Waals surface area contributed by atoms with E-state index in [1.807, 2.05) is 6.07 Å². The molecule has 0 unspecified atom stereocenters. The number of aliphatic imine (C=N–C) groups is 1. The van der Waals surface area contributed by atoms with Gasteiger partial charge in [-0.3, -0.25) is 9.79 Å². The molecule has 1 aliphatic heterocycles. The first-order valence-corrected chi connectivity index (χ1v) is 11.7. The Morgan fingerprint density at radius 2 is 2.08 bits per heavy atom. The summed E-state index contributed by atoms with van der Waals surface area (Å²) >= 11 is 4.20. The van der Waals surface area contributed by atoms with Gasteiger partial charge in [0.2, 0.25) is 0 Å². The van der Waals surface area contributed by atoms with Crippen LogP contribution in [0.1, 0.15) is 48.8 Å². The second-order valence-corrected chi connectivity index (χ2v) is 9.71. The molecule has 1 amide bonds. The Morgan fingerprint density at radius 3 is 2.61 bits per heavy atom. The van der Waals surface area contributed by atoms with Crippen molar-refractivity contribution in [2.24, 2.45) is 16.1 Å². The van der Waals surface area contributed by atoms with E-state index in [-0.39, 0.29) is 41.6 Å². The summed E-state index contributed by atoms with van der Waals surface area (Å²) in [6, 6.07) is 10.7. The third kappa shape index (κ3) is 5.48. The van der Waals surface area contributed by atoms with Crippen LogP contribution in [0.3, 0.4) is 0 Å². The number of halogens is 2. The number of nitrogens with two attached hydrogens (primary N) is 1. The number of nitrogens with one attached hydrogen (secondary N) is 1. The molecule has 8 nitrogen and oxygen atoms in total. The molecule has 188 valence electrons. The van der Waals surface area contributed by atoms with E-state index >= 15 is 4.39 Å². The second-order valence-electron chi connectivity index (χ2n) is 9.39. The van der Waals surface area contributed by atoms with Crippen molar-refractivity contribution in [3.05, 3.63) is 59.2 Å². The highest BCUT2D eigenvalue weighted by molar-refractivity contribution is 7.80. The van der Waals surface area contributed by atoms with Gasteiger partial charge in [-0.2, -0.15) is 23.2 Å². The lowest BCUT2D eigenvalue weighted by molar-refractivity contribution is -0.00598. The summed E-state index contributed by atoms with van der Waals surface area (Å²) in [4.78, 5) is 21.2. The summed E-state index contributed by atoms with van der Waals surface area (Å²) in [5.41, 5.74) is 2.37. The van der Waals surface area contributed by atoms with E-state index in [2.05, 4.69) is 34.0 Å². The maximum atomic E-state index is 15.2. The molecule has 2 heterocycles. The van der Waals surface area contributed by atoms with E-state index in [1.165, 1.54) is 44.3 Å². The standard InChI is InChI=1S/C25H26F2N6O2S/c1-23(2,27)20-9-25(13-35-20,33-22(30)24(3,12-29)14-36)17-8-16(5-6-18(17)26)32-21(34)19-7-4-15(10-28)11-31-19/h4-8,11,20,36H,9,13-14H2,1-3H3,(H2,30,33)(H,32,34)/t20-,24+,25+/m0/s1. The Balaban J connectivity index is 2.05. The summed E-state index contributed by atoms with van der Waals surface area (Å²) in [5, 5.41) is 21.1. The SMILES string of the molecule is CC(C)(F)[C@@H]1C[C@](N=C(N)[C@](C)(C#N)CS)(c2cc(NC(=O)c3ccc(C#N)cn3)ccc2F)CO1. The molecule has 0 saturated carbocycles. The lowest BCUT2D eigenvalue weighted by atomic mass is 9.83. The quantitative estimate of drug-likeness (QED) is 0.292. The molecule has 3 N–H and O–H groups in total. The number of anilines is 1. The number of nitriles is 2. The van der Waals surface area contributed by atoms with Gasteiger partial charge in [0, 0.05) is 29.6 Å². The number of thiol groups is 1. The van der Waals surface area contributed by atoms with Crippen LogP contribution >= 0.6 is 12.6 Å². The lowest BCUT2D eigenvalue weighted by Crippen LogP contribution is -2.40. The van der Waals surface area contributed by atoms with Gasteiger partial charge in [0.05, 0.1) is 24.3 Å². The van der Waals surface area contributed by atoms with Gasteiger partial charge in [0.15, 0.2) is 0 Å². The van der Waals surface area contributed by atoms with Gasteiger partial charge in [-0.25, -0.2) is 13.8 Å². The minimum Gasteiger partial charge on any atom is -0.386 e. The van der Waals surface area contributed by atoms with Gasteiger partial charge in [0.25, 0.3) is 5.91 Å². The topological polar surface area (TPSA) is 137 Å². The highest BCUT2D eigenvalue weighted by Crippen LogP contribution is 2.44. The maximum absolute atomic E-state index is 15.2. The number of aromatic nitrogens is 1. The van der Waals surface area contributed by atoms with Gasteiger partial charge in [-0.05, 0) is 51.1 Å². The zero-order valence-corrected chi connectivity index (χ0v) is 20.9. The number of amidine groups is 1. The average Bonchev–Trinajstić information content (AvgIpc) is 3.30. The van der Waals surface area contributed by atoms with Crippen LogP contribution in [0.2, 0.25) is 0 Å². The van der Waals surface area contributed by atoms with Crippen LogP contribution in [0.15, 0.2) is 41.5 Å². The Hall–Kier alpha value is -3.54. The summed E-state index contributed by atoms with van der Waals surface area (Å²) in [6.07, 6.45) is 0.301. The molecule has 1 aromatic heterocycles. The van der Waals surface area contributed by atoms with E-state index in [9.17, 15) is 14.4 Å². The minimum atomic E-state index is -1.75. The third-order valence-electron chi connectivity index (χ3n) is 6.13. The molecule has 0 bridgehead atoms. The lowest BCUT2D eigenvalue weighted by Gasteiger charge is -2.29. The van der Waals surface area contributed by atoms with Crippen LogP contribution in [0, 0.1) is 33.9 Å². The second kappa shape index (κ2) is 10.2. The molecule has 0 spiro atoms. The summed E-state index contributed by atoms with van der Waals surface area (Å²) in [6.45, 7) is 4.07. The molecule has 3 rings (SSSR count). The number of nitrogens with zero attached hydrogens (tertiary/aromatic N) is 4. The highest BCUT2D eigenvalue weighted by Gasteiger charge is 2.49. The van der Waals surface area contributed by atoms with E-state index in [1.54, 1.807) is 6.92 Å². The fourth-order valence-electron chi connectivity index (χ4n) is 3.71. The number of amides is 1. The highest BCUT2D eigenvalue weighted by atomic mass is 32.1. The maximum Gasteiger partial charge on any atom is 0.274 e. The first-order chi connectivity index (χ1) is 16.9. The van der Waals surface area contributed by atoms with Crippen molar-refractivity contribution in [3.63, 3.8) is 0 Å². The molecule has 2 aromatic rings. The molecule has 1 saturated heterocycles. The summed E-state index contributed by atoms with van der Waals surface area (Å²) in [5.74, 6) is -1.26. The minimum absolute atomic E-state index is 0.0299. The normalized spacial score (nSPS) is 21.8. The number of benzene rings is 1. The number of carbonyl (C=O) groups is 1. The number of rotatable bonds is 7. The summed E-state index contributed by atoms with van der Waals surface area (Å²) in [7, 11) is 0. The van der Waals surface area contributed by atoms with Crippen molar-refractivity contribution in [2.75, 3.05) is 17.7 Å². The number of carbonyl (C=O) groups excluding carboxylic acids is 1. The third-order valence-corrected chi connectivity index (χ3v) is 6.76. The molecule has 3 atom stereocenters. The Labute approximate surface area is 213 Å². The molecular weight excluding hydrogens is 486 g/mol. The van der Waals surface area contributed by atoms with Crippen molar-refractivity contribution in [1.29, 1.82) is 10.5 Å². The zero-order chi connectivity index (χ0) is 26.7. The van der Waals surface area contributed by atoms with E-state index in [0.29, 0.717) is 5.56 Å². The van der Waals surface area contributed by atoms with Crippen LogP contribution in [0.5, 0.6) is 0 Å². The van der Waals surface area contributed by atoms with Crippen LogP contribution in [0.4, 0.5) is 14.5 Å². The molecule has 36 heavy (non-hydrogen) atoms. The molecule has 1 aromatic carbocycles. The number of hydrogen-bond donors (Lipinski definition) is 3. The zero-order valence-electron chi connectivity index (χ0n) is 20.0. The van der Waals surface area contributed by atoms with Crippen LogP contribution in [0.25, 0.3) is 0 Å². The number of pyridine rings is 1. The molecule has 1 fully saturated rings. The van der Waals surface area contributed by atoms with Crippen molar-refractivity contribution < 1.29 is 18.3 Å². The Morgan fingerprint density at radius 1 is 1.36 bits per heavy atom. The summed E-state index contributed by atoms with van der Waals surface area (Å²) < 4.78 is 35.8. The average molecular weight is 513 g/mol. The van der Waals surface area contributed by atoms with E-state index in [4.69, 9.17) is 15.7 Å². The predicted molar refractivity (Wildman–Crippen MR) is 134 cm³/mol. The van der Waals surface area contributed by atoms with Crippen molar-refractivity contribution in [1.82, 2.24) is 4.98 Å². The fraction of sp³-hybridized carbons (Fsp3) is 0.400. The number of ether oxygens (including phenoxy) is 1. The van der Waals surface area contributed by atoms with Crippen molar-refractivity contribution in [3.8, 4) is 12.1 Å². The van der Waals surface area contributed by atoms with Crippen LogP contribution in [-0.4, -0.2) is 40.9 Å². The van der Waals surface area contributed by atoms with Gasteiger partial charge in [-0.15, -0.1) is 0 Å². The van der Waals surface area contributed by atoms with Gasteiger partial charge < -0.3 is 15.8 Å². The van der Waals surface area contributed by atoms with Crippen molar-refractivity contribution in [2.45, 2.75) is 44.5 Å².